The molecule has 0 radical (unpaired) electrons. The van der Waals surface area contributed by atoms with Crippen LogP contribution in [0.25, 0.3) is 0 Å². The average Bonchev–Trinajstić information content (AvgIpc) is 3.68. The lowest BCUT2D eigenvalue weighted by Gasteiger charge is -2.37. The molecule has 3 fully saturated rings. The number of hydrogen-bond donors (Lipinski definition) is 2. The summed E-state index contributed by atoms with van der Waals surface area (Å²) >= 11 is 9.86. The Morgan fingerprint density at radius 1 is 1.15 bits per heavy atom. The first-order chi connectivity index (χ1) is 23.2. The number of amides is 3. The molecule has 2 aromatic carbocycles. The van der Waals surface area contributed by atoms with E-state index in [1.807, 2.05) is 30.3 Å². The molecule has 0 saturated carbocycles. The number of aliphatic hydroxyl groups excluding tert-OH is 1. The number of unbranched alkanes of at least 4 members (excludes halogenated alkanes) is 1. The van der Waals surface area contributed by atoms with Gasteiger partial charge in [-0.25, -0.2) is 0 Å². The Morgan fingerprint density at radius 3 is 2.54 bits per heavy atom. The van der Waals surface area contributed by atoms with Gasteiger partial charge in [0.25, 0.3) is 5.91 Å². The first-order valence-corrected chi connectivity index (χ1v) is 17.5. The third-order valence-corrected chi connectivity index (χ3v) is 10.4. The topological polar surface area (TPSA) is 125 Å². The van der Waals surface area contributed by atoms with Crippen molar-refractivity contribution < 1.29 is 33.8 Å². The third-order valence-electron chi connectivity index (χ3n) is 9.33. The molecule has 5 rings (SSSR count). The summed E-state index contributed by atoms with van der Waals surface area (Å²) in [4.78, 5) is 58.5. The number of ether oxygens (including phenoxy) is 2. The number of hydrogen-bond acceptors (Lipinski definition) is 7. The molecule has 7 atom stereocenters. The lowest BCUT2D eigenvalue weighted by atomic mass is 9.70. The number of carbonyl (C=O) groups is 4. The Hall–Kier alpha value is -3.51. The number of likely N-dealkylation sites (tertiary alicyclic amines) is 1. The zero-order chi connectivity index (χ0) is 34.4. The summed E-state index contributed by atoms with van der Waals surface area (Å²) in [5.74, 6) is -3.38. The summed E-state index contributed by atoms with van der Waals surface area (Å²) < 4.78 is 12.2. The molecule has 3 aliphatic heterocycles. The van der Waals surface area contributed by atoms with E-state index in [9.17, 15) is 24.3 Å². The van der Waals surface area contributed by atoms with Gasteiger partial charge in [0, 0.05) is 41.7 Å². The van der Waals surface area contributed by atoms with Crippen molar-refractivity contribution in [2.75, 3.05) is 31.2 Å². The van der Waals surface area contributed by atoms with E-state index in [1.165, 1.54) is 4.90 Å². The van der Waals surface area contributed by atoms with Gasteiger partial charge in [0.2, 0.25) is 11.8 Å². The van der Waals surface area contributed by atoms with Crippen LogP contribution in [0.1, 0.15) is 43.7 Å². The quantitative estimate of drug-likeness (QED) is 0.110. The Kier molecular flexibility index (Phi) is 11.8. The van der Waals surface area contributed by atoms with Crippen LogP contribution in [0, 0.1) is 11.8 Å². The van der Waals surface area contributed by atoms with Crippen LogP contribution in [0.15, 0.2) is 79.9 Å². The highest BCUT2D eigenvalue weighted by molar-refractivity contribution is 9.09. The highest BCUT2D eigenvalue weighted by Gasteiger charge is 2.76. The maximum absolute atomic E-state index is 14.7. The summed E-state index contributed by atoms with van der Waals surface area (Å²) in [6.07, 6.45) is 4.45. The normalized spacial score (nSPS) is 26.1. The number of carbonyl (C=O) groups excluding carboxylic acids is 4. The maximum atomic E-state index is 14.7. The standard InChI is InChI=1S/C36H41BrClN3O7/c1-3-5-13-28(43)47-22-27(23-11-7-6-8-12-23)39-33(44)29-30-34(45)41(19-9-10-20-42)32(36(30)21-26(37)31(29)48-36)35(46)40(18-4-2)25-16-14-24(38)15-17-25/h3-4,6-8,11-12,14-17,26-27,29-32,42H,1-2,5,9-10,13,18-22H2,(H,39,44)/t26?,27-,29+,30-,31+,32+,36-/m1/s1. The van der Waals surface area contributed by atoms with Gasteiger partial charge in [-0.1, -0.05) is 70.0 Å². The molecule has 1 spiro atoms. The molecule has 10 nitrogen and oxygen atoms in total. The second-order valence-electron chi connectivity index (χ2n) is 12.3. The van der Waals surface area contributed by atoms with Gasteiger partial charge >= 0.3 is 5.97 Å². The smallest absolute Gasteiger partial charge is 0.306 e. The Bertz CT molecular complexity index is 1510. The van der Waals surface area contributed by atoms with Gasteiger partial charge in [-0.3, -0.25) is 19.2 Å². The van der Waals surface area contributed by atoms with E-state index in [0.29, 0.717) is 36.4 Å². The van der Waals surface area contributed by atoms with E-state index < -0.39 is 47.5 Å². The summed E-state index contributed by atoms with van der Waals surface area (Å²) in [5, 5.41) is 13.1. The molecule has 1 unspecified atom stereocenters. The number of aliphatic hydroxyl groups is 1. The van der Waals surface area contributed by atoms with Gasteiger partial charge in [0.05, 0.1) is 24.0 Å². The van der Waals surface area contributed by atoms with Crippen LogP contribution < -0.4 is 10.2 Å². The number of alkyl halides is 1. The fraction of sp³-hybridized carbons (Fsp3) is 0.444. The van der Waals surface area contributed by atoms with E-state index >= 15 is 0 Å². The van der Waals surface area contributed by atoms with Crippen molar-refractivity contribution >= 4 is 56.9 Å². The number of nitrogens with zero attached hydrogens (tertiary/aromatic N) is 2. The minimum atomic E-state index is -1.28. The van der Waals surface area contributed by atoms with Gasteiger partial charge in [-0.05, 0) is 55.5 Å². The van der Waals surface area contributed by atoms with E-state index in [0.717, 1.165) is 5.56 Å². The fourth-order valence-corrected chi connectivity index (χ4v) is 8.27. The van der Waals surface area contributed by atoms with Crippen LogP contribution in [0.4, 0.5) is 5.69 Å². The van der Waals surface area contributed by atoms with E-state index in [2.05, 4.69) is 34.4 Å². The van der Waals surface area contributed by atoms with Gasteiger partial charge < -0.3 is 29.7 Å². The Labute approximate surface area is 294 Å². The predicted molar refractivity (Wildman–Crippen MR) is 185 cm³/mol. The van der Waals surface area contributed by atoms with E-state index in [4.69, 9.17) is 21.1 Å². The molecule has 3 aliphatic rings. The number of fused-ring (bicyclic) bond motifs is 1. The predicted octanol–water partition coefficient (Wildman–Crippen LogP) is 4.75. The molecule has 2 N–H and O–H groups in total. The molecular weight excluding hydrogens is 702 g/mol. The molecule has 256 valence electrons. The molecule has 48 heavy (non-hydrogen) atoms. The SMILES string of the molecule is C=CCCC(=O)OC[C@@H](NC(=O)[C@@H]1[C@H]2O[C@@]3(CC2Br)[C@H](C(=O)N(CC=C)c2ccc(Cl)cc2)N(CCCCO)C(=O)[C@@H]13)c1ccccc1. The van der Waals surface area contributed by atoms with Crippen molar-refractivity contribution in [2.45, 2.75) is 60.7 Å². The number of nitrogens with one attached hydrogen (secondary N) is 1. The average molecular weight is 743 g/mol. The molecular formula is C36H41BrClN3O7. The van der Waals surface area contributed by atoms with Gasteiger partial charge in [-0.15, -0.1) is 13.2 Å². The number of esters is 1. The van der Waals surface area contributed by atoms with Crippen molar-refractivity contribution in [3.05, 3.63) is 90.5 Å². The van der Waals surface area contributed by atoms with Crippen molar-refractivity contribution in [3.63, 3.8) is 0 Å². The van der Waals surface area contributed by atoms with Crippen molar-refractivity contribution in [2.24, 2.45) is 11.8 Å². The summed E-state index contributed by atoms with van der Waals surface area (Å²) in [5.41, 5.74) is 0.0351. The molecule has 12 heteroatoms. The van der Waals surface area contributed by atoms with Crippen LogP contribution >= 0.6 is 27.5 Å². The van der Waals surface area contributed by atoms with Crippen LogP contribution in [-0.4, -0.2) is 82.6 Å². The second kappa shape index (κ2) is 15.8. The second-order valence-corrected chi connectivity index (χ2v) is 13.9. The van der Waals surface area contributed by atoms with Gasteiger partial charge in [0.15, 0.2) is 0 Å². The summed E-state index contributed by atoms with van der Waals surface area (Å²) in [6.45, 7) is 7.70. The van der Waals surface area contributed by atoms with Gasteiger partial charge in [0.1, 0.15) is 18.2 Å². The highest BCUT2D eigenvalue weighted by atomic mass is 79.9. The van der Waals surface area contributed by atoms with E-state index in [-0.39, 0.29) is 49.4 Å². The minimum Gasteiger partial charge on any atom is -0.463 e. The molecule has 2 bridgehead atoms. The number of anilines is 1. The first-order valence-electron chi connectivity index (χ1n) is 16.2. The molecule has 0 aliphatic carbocycles. The Morgan fingerprint density at radius 2 is 1.88 bits per heavy atom. The lowest BCUT2D eigenvalue weighted by Crippen LogP contribution is -2.57. The van der Waals surface area contributed by atoms with Crippen molar-refractivity contribution in [1.82, 2.24) is 10.2 Å². The van der Waals surface area contributed by atoms with Gasteiger partial charge in [-0.2, -0.15) is 0 Å². The molecule has 3 heterocycles. The number of halogens is 2. The zero-order valence-corrected chi connectivity index (χ0v) is 29.0. The Balaban J connectivity index is 1.47. The first kappa shape index (κ1) is 35.8. The van der Waals surface area contributed by atoms with Crippen LogP contribution in [0.3, 0.4) is 0 Å². The number of benzene rings is 2. The molecule has 0 aromatic heterocycles. The number of allylic oxidation sites excluding steroid dienone is 1. The molecule has 3 saturated heterocycles. The fourth-order valence-electron chi connectivity index (χ4n) is 7.21. The maximum Gasteiger partial charge on any atom is 0.306 e. The summed E-state index contributed by atoms with van der Waals surface area (Å²) in [6, 6.07) is 14.3. The van der Waals surface area contributed by atoms with Crippen LogP contribution in [-0.2, 0) is 28.7 Å². The lowest BCUT2D eigenvalue weighted by molar-refractivity contribution is -0.145. The van der Waals surface area contributed by atoms with E-state index in [1.54, 1.807) is 41.3 Å². The van der Waals surface area contributed by atoms with Crippen LogP contribution in [0.5, 0.6) is 0 Å². The molecule has 2 aromatic rings. The minimum absolute atomic E-state index is 0.0608. The number of rotatable bonds is 16. The summed E-state index contributed by atoms with van der Waals surface area (Å²) in [7, 11) is 0. The van der Waals surface area contributed by atoms with Crippen LogP contribution in [0.2, 0.25) is 5.02 Å². The molecule has 3 amide bonds. The zero-order valence-electron chi connectivity index (χ0n) is 26.6. The highest BCUT2D eigenvalue weighted by Crippen LogP contribution is 2.60. The monoisotopic (exact) mass is 741 g/mol. The van der Waals surface area contributed by atoms with Crippen molar-refractivity contribution in [3.8, 4) is 0 Å². The third kappa shape index (κ3) is 7.10. The van der Waals surface area contributed by atoms with Crippen molar-refractivity contribution in [1.29, 1.82) is 0 Å². The largest absolute Gasteiger partial charge is 0.463 e.